The minimum atomic E-state index is -1.55. The minimum Gasteiger partial charge on any atom is -0.423 e. The SMILES string of the molecule is CNC(=O)c1ccc(B(O)O)cn1.Cl. The van der Waals surface area contributed by atoms with Crippen molar-refractivity contribution in [3.05, 3.63) is 24.0 Å². The zero-order chi connectivity index (χ0) is 9.84. The average molecular weight is 216 g/mol. The largest absolute Gasteiger partial charge is 0.490 e. The van der Waals surface area contributed by atoms with Crippen molar-refractivity contribution in [2.45, 2.75) is 0 Å². The van der Waals surface area contributed by atoms with E-state index in [-0.39, 0.29) is 29.5 Å². The zero-order valence-corrected chi connectivity index (χ0v) is 8.28. The van der Waals surface area contributed by atoms with Gasteiger partial charge in [-0.1, -0.05) is 6.07 Å². The molecule has 0 saturated carbocycles. The highest BCUT2D eigenvalue weighted by atomic mass is 35.5. The fraction of sp³-hybridized carbons (Fsp3) is 0.143. The second-order valence-corrected chi connectivity index (χ2v) is 2.43. The first-order valence-electron chi connectivity index (χ1n) is 3.69. The maximum absolute atomic E-state index is 11.0. The summed E-state index contributed by atoms with van der Waals surface area (Å²) < 4.78 is 0. The summed E-state index contributed by atoms with van der Waals surface area (Å²) in [6.07, 6.45) is 1.25. The van der Waals surface area contributed by atoms with Gasteiger partial charge in [-0.3, -0.25) is 9.78 Å². The Labute approximate surface area is 87.7 Å². The Bertz CT molecular complexity index is 304. The van der Waals surface area contributed by atoms with Gasteiger partial charge in [-0.15, -0.1) is 12.4 Å². The summed E-state index contributed by atoms with van der Waals surface area (Å²) in [5, 5.41) is 19.9. The fourth-order valence-electron chi connectivity index (χ4n) is 0.820. The maximum atomic E-state index is 11.0. The molecule has 0 unspecified atom stereocenters. The van der Waals surface area contributed by atoms with Crippen LogP contribution in [0.1, 0.15) is 10.5 Å². The molecule has 0 fully saturated rings. The van der Waals surface area contributed by atoms with Crippen LogP contribution in [-0.4, -0.2) is 35.1 Å². The third-order valence-electron chi connectivity index (χ3n) is 1.54. The molecule has 7 heteroatoms. The summed E-state index contributed by atoms with van der Waals surface area (Å²) in [6.45, 7) is 0. The van der Waals surface area contributed by atoms with Crippen molar-refractivity contribution in [2.24, 2.45) is 0 Å². The molecular formula is C7H10BClN2O3. The van der Waals surface area contributed by atoms with Gasteiger partial charge in [0.1, 0.15) is 5.69 Å². The molecule has 0 aromatic carbocycles. The quantitative estimate of drug-likeness (QED) is 0.528. The molecule has 0 aliphatic carbocycles. The minimum absolute atomic E-state index is 0. The van der Waals surface area contributed by atoms with Crippen LogP contribution in [0.25, 0.3) is 0 Å². The zero-order valence-electron chi connectivity index (χ0n) is 7.47. The number of hydrogen-bond donors (Lipinski definition) is 3. The highest BCUT2D eigenvalue weighted by molar-refractivity contribution is 6.58. The number of carbonyl (C=O) groups is 1. The van der Waals surface area contributed by atoms with Crippen LogP contribution in [0.15, 0.2) is 18.3 Å². The number of aromatic nitrogens is 1. The molecule has 0 spiro atoms. The molecule has 14 heavy (non-hydrogen) atoms. The predicted molar refractivity (Wildman–Crippen MR) is 54.7 cm³/mol. The topological polar surface area (TPSA) is 82.5 Å². The molecule has 1 rings (SSSR count). The number of halogens is 1. The van der Waals surface area contributed by atoms with Gasteiger partial charge in [0.25, 0.3) is 5.91 Å². The van der Waals surface area contributed by atoms with E-state index in [1.165, 1.54) is 25.4 Å². The lowest BCUT2D eigenvalue weighted by atomic mass is 9.82. The van der Waals surface area contributed by atoms with E-state index >= 15 is 0 Å². The Morgan fingerprint density at radius 1 is 1.50 bits per heavy atom. The number of hydrogen-bond acceptors (Lipinski definition) is 4. The lowest BCUT2D eigenvalue weighted by Crippen LogP contribution is -2.31. The van der Waals surface area contributed by atoms with E-state index in [0.29, 0.717) is 0 Å². The van der Waals surface area contributed by atoms with E-state index in [1.54, 1.807) is 0 Å². The summed E-state index contributed by atoms with van der Waals surface area (Å²) in [5.41, 5.74) is 0.500. The molecule has 0 atom stereocenters. The molecule has 0 bridgehead atoms. The Morgan fingerprint density at radius 3 is 2.50 bits per heavy atom. The van der Waals surface area contributed by atoms with Gasteiger partial charge in [-0.25, -0.2) is 0 Å². The first-order valence-corrected chi connectivity index (χ1v) is 3.69. The maximum Gasteiger partial charge on any atom is 0.490 e. The van der Waals surface area contributed by atoms with Gasteiger partial charge in [0.15, 0.2) is 0 Å². The van der Waals surface area contributed by atoms with Crippen molar-refractivity contribution in [3.63, 3.8) is 0 Å². The summed E-state index contributed by atoms with van der Waals surface area (Å²) >= 11 is 0. The first-order chi connectivity index (χ1) is 6.15. The number of pyridine rings is 1. The van der Waals surface area contributed by atoms with E-state index in [9.17, 15) is 4.79 Å². The second kappa shape index (κ2) is 5.59. The summed E-state index contributed by atoms with van der Waals surface area (Å²) in [4.78, 5) is 14.7. The van der Waals surface area contributed by atoms with Crippen molar-refractivity contribution in [1.29, 1.82) is 0 Å². The van der Waals surface area contributed by atoms with Gasteiger partial charge < -0.3 is 15.4 Å². The van der Waals surface area contributed by atoms with Gasteiger partial charge in [-0.2, -0.15) is 0 Å². The number of amides is 1. The number of rotatable bonds is 2. The van der Waals surface area contributed by atoms with Crippen LogP contribution >= 0.6 is 12.4 Å². The second-order valence-electron chi connectivity index (χ2n) is 2.43. The Morgan fingerprint density at radius 2 is 2.14 bits per heavy atom. The summed E-state index contributed by atoms with van der Waals surface area (Å²) in [7, 11) is -0.0510. The summed E-state index contributed by atoms with van der Waals surface area (Å²) in [6, 6.07) is 2.86. The molecule has 1 aromatic rings. The standard InChI is InChI=1S/C7H9BN2O3.ClH/c1-9-7(11)6-3-2-5(4-10-6)8(12)13;/h2-4,12-13H,1H3,(H,9,11);1H. The molecule has 5 nitrogen and oxygen atoms in total. The molecule has 3 N–H and O–H groups in total. The van der Waals surface area contributed by atoms with Crippen molar-refractivity contribution in [3.8, 4) is 0 Å². The van der Waals surface area contributed by atoms with Crippen molar-refractivity contribution >= 4 is 30.9 Å². The Kier molecular flexibility index (Phi) is 5.15. The Hall–Kier alpha value is -1.11. The fourth-order valence-corrected chi connectivity index (χ4v) is 0.820. The molecule has 0 radical (unpaired) electrons. The van der Waals surface area contributed by atoms with Crippen LogP contribution in [0.3, 0.4) is 0 Å². The lowest BCUT2D eigenvalue weighted by Gasteiger charge is -2.00. The highest BCUT2D eigenvalue weighted by Gasteiger charge is 2.12. The molecule has 0 aliphatic rings. The van der Waals surface area contributed by atoms with Gasteiger partial charge in [0.2, 0.25) is 0 Å². The van der Waals surface area contributed by atoms with E-state index in [2.05, 4.69) is 10.3 Å². The van der Waals surface area contributed by atoms with Crippen LogP contribution in [0.4, 0.5) is 0 Å². The normalized spacial score (nSPS) is 8.79. The molecule has 1 amide bonds. The van der Waals surface area contributed by atoms with Crippen LogP contribution in [-0.2, 0) is 0 Å². The number of nitrogens with one attached hydrogen (secondary N) is 1. The van der Waals surface area contributed by atoms with Crippen molar-refractivity contribution in [1.82, 2.24) is 10.3 Å². The van der Waals surface area contributed by atoms with E-state index in [4.69, 9.17) is 10.0 Å². The molecule has 1 aromatic heterocycles. The van der Waals surface area contributed by atoms with Crippen LogP contribution in [0.5, 0.6) is 0 Å². The van der Waals surface area contributed by atoms with Crippen LogP contribution < -0.4 is 10.8 Å². The van der Waals surface area contributed by atoms with Crippen molar-refractivity contribution in [2.75, 3.05) is 7.05 Å². The molecule has 0 aliphatic heterocycles. The Balaban J connectivity index is 0.00000169. The van der Waals surface area contributed by atoms with Gasteiger partial charge in [0, 0.05) is 18.7 Å². The van der Waals surface area contributed by atoms with Crippen LogP contribution in [0.2, 0.25) is 0 Å². The number of nitrogens with zero attached hydrogens (tertiary/aromatic N) is 1. The lowest BCUT2D eigenvalue weighted by molar-refractivity contribution is 0.0958. The van der Waals surface area contributed by atoms with Crippen LogP contribution in [0, 0.1) is 0 Å². The molecule has 0 saturated heterocycles. The predicted octanol–water partition coefficient (Wildman–Crippen LogP) is -1.46. The summed E-state index contributed by atoms with van der Waals surface area (Å²) in [5.74, 6) is -0.307. The number of carbonyl (C=O) groups excluding carboxylic acids is 1. The monoisotopic (exact) mass is 216 g/mol. The first kappa shape index (κ1) is 12.9. The third-order valence-corrected chi connectivity index (χ3v) is 1.54. The van der Waals surface area contributed by atoms with Gasteiger partial charge in [-0.05, 0) is 6.07 Å². The van der Waals surface area contributed by atoms with Gasteiger partial charge >= 0.3 is 7.12 Å². The van der Waals surface area contributed by atoms with Gasteiger partial charge in [0.05, 0.1) is 0 Å². The van der Waals surface area contributed by atoms with E-state index in [1.807, 2.05) is 0 Å². The third kappa shape index (κ3) is 2.99. The molecule has 1 heterocycles. The van der Waals surface area contributed by atoms with E-state index in [0.717, 1.165) is 0 Å². The van der Waals surface area contributed by atoms with Crippen molar-refractivity contribution < 1.29 is 14.8 Å². The smallest absolute Gasteiger partial charge is 0.423 e. The highest BCUT2D eigenvalue weighted by Crippen LogP contribution is 1.91. The van der Waals surface area contributed by atoms with E-state index < -0.39 is 7.12 Å². The molecular weight excluding hydrogens is 206 g/mol. The molecule has 76 valence electrons. The average Bonchev–Trinajstić information content (AvgIpc) is 2.17.